The first kappa shape index (κ1) is 17.7. The molecule has 23 heavy (non-hydrogen) atoms. The van der Waals surface area contributed by atoms with E-state index in [-0.39, 0.29) is 18.1 Å². The van der Waals surface area contributed by atoms with Gasteiger partial charge in [0.05, 0.1) is 0 Å². The van der Waals surface area contributed by atoms with Gasteiger partial charge in [-0.15, -0.1) is 0 Å². The van der Waals surface area contributed by atoms with Crippen molar-refractivity contribution in [2.24, 2.45) is 0 Å². The lowest BCUT2D eigenvalue weighted by molar-refractivity contribution is -0.151. The first-order valence-electron chi connectivity index (χ1n) is 7.61. The summed E-state index contributed by atoms with van der Waals surface area (Å²) in [6.45, 7) is 2.05. The number of hydrogen-bond acceptors (Lipinski definition) is 3. The summed E-state index contributed by atoms with van der Waals surface area (Å²) in [6.07, 6.45) is -0.317. The van der Waals surface area contributed by atoms with E-state index in [4.69, 9.17) is 4.74 Å². The van der Waals surface area contributed by atoms with Crippen molar-refractivity contribution < 1.29 is 9.53 Å². The van der Waals surface area contributed by atoms with E-state index in [0.717, 1.165) is 11.1 Å². The van der Waals surface area contributed by atoms with Gasteiger partial charge >= 0.3 is 5.97 Å². The number of halogens is 1. The maximum Gasteiger partial charge on any atom is 0.324 e. The quantitative estimate of drug-likeness (QED) is 0.554. The van der Waals surface area contributed by atoms with Crippen molar-refractivity contribution in [1.29, 1.82) is 0 Å². The van der Waals surface area contributed by atoms with Gasteiger partial charge in [-0.05, 0) is 32.1 Å². The molecule has 0 aliphatic carbocycles. The molecule has 3 nitrogen and oxygen atoms in total. The van der Waals surface area contributed by atoms with Gasteiger partial charge in [0.25, 0.3) is 0 Å². The van der Waals surface area contributed by atoms with Crippen molar-refractivity contribution in [3.05, 3.63) is 71.8 Å². The summed E-state index contributed by atoms with van der Waals surface area (Å²) < 4.78 is 5.85. The van der Waals surface area contributed by atoms with E-state index < -0.39 is 4.83 Å². The molecule has 0 spiro atoms. The molecular weight excluding hydrogens is 354 g/mol. The topological polar surface area (TPSA) is 29.5 Å². The van der Waals surface area contributed by atoms with Crippen LogP contribution in [0.5, 0.6) is 0 Å². The minimum atomic E-state index is -0.468. The summed E-state index contributed by atoms with van der Waals surface area (Å²) in [5.74, 6) is -0.279. The Balaban J connectivity index is 2.19. The second kappa shape index (κ2) is 8.27. The highest BCUT2D eigenvalue weighted by Gasteiger charge is 2.28. The van der Waals surface area contributed by atoms with Crippen LogP contribution in [0, 0.1) is 0 Å². The molecule has 2 aromatic carbocycles. The molecule has 0 radical (unpaired) electrons. The fourth-order valence-corrected chi connectivity index (χ4v) is 2.71. The molecule has 0 saturated heterocycles. The number of alkyl halides is 1. The average molecular weight is 376 g/mol. The van der Waals surface area contributed by atoms with Crippen molar-refractivity contribution in [3.8, 4) is 0 Å². The number of hydrogen-bond donors (Lipinski definition) is 0. The maximum absolute atomic E-state index is 12.6. The summed E-state index contributed by atoms with van der Waals surface area (Å²) in [7, 11) is 3.97. The fraction of sp³-hybridized carbons (Fsp3) is 0.316. The first-order valence-corrected chi connectivity index (χ1v) is 8.53. The van der Waals surface area contributed by atoms with Crippen molar-refractivity contribution in [1.82, 2.24) is 4.90 Å². The Hall–Kier alpha value is -1.65. The van der Waals surface area contributed by atoms with Crippen molar-refractivity contribution in [2.45, 2.75) is 23.9 Å². The van der Waals surface area contributed by atoms with Crippen molar-refractivity contribution >= 4 is 21.9 Å². The fourth-order valence-electron chi connectivity index (χ4n) is 2.30. The lowest BCUT2D eigenvalue weighted by Gasteiger charge is -2.30. The van der Waals surface area contributed by atoms with Crippen LogP contribution >= 0.6 is 15.9 Å². The highest BCUT2D eigenvalue weighted by Crippen LogP contribution is 2.30. The smallest absolute Gasteiger partial charge is 0.324 e. The monoisotopic (exact) mass is 375 g/mol. The number of nitrogens with zero attached hydrogens (tertiary/aromatic N) is 1. The highest BCUT2D eigenvalue weighted by atomic mass is 79.9. The van der Waals surface area contributed by atoms with Gasteiger partial charge in [-0.2, -0.15) is 0 Å². The first-order chi connectivity index (χ1) is 11.0. The maximum atomic E-state index is 12.6. The number of rotatable bonds is 6. The predicted molar refractivity (Wildman–Crippen MR) is 96.5 cm³/mol. The molecule has 1 unspecified atom stereocenters. The van der Waals surface area contributed by atoms with Crippen LogP contribution in [0.4, 0.5) is 0 Å². The Morgan fingerprint density at radius 1 is 0.957 bits per heavy atom. The molecular formula is C19H22BrNO2. The Morgan fingerprint density at radius 2 is 1.43 bits per heavy atom. The second-order valence-corrected chi connectivity index (χ2v) is 6.66. The molecule has 2 rings (SSSR count). The molecule has 0 aliphatic heterocycles. The van der Waals surface area contributed by atoms with Gasteiger partial charge in [0, 0.05) is 6.04 Å². The number of carbonyl (C=O) groups is 1. The Bertz CT molecular complexity index is 616. The molecule has 0 aromatic heterocycles. The zero-order chi connectivity index (χ0) is 16.8. The molecule has 122 valence electrons. The molecule has 0 bridgehead atoms. The summed E-state index contributed by atoms with van der Waals surface area (Å²) in [5.41, 5.74) is 1.89. The van der Waals surface area contributed by atoms with E-state index in [1.54, 1.807) is 0 Å². The van der Waals surface area contributed by atoms with Crippen LogP contribution in [0.2, 0.25) is 0 Å². The van der Waals surface area contributed by atoms with E-state index in [1.807, 2.05) is 74.8 Å². The molecule has 3 atom stereocenters. The number of ether oxygens (including phenoxy) is 1. The van der Waals surface area contributed by atoms with E-state index in [9.17, 15) is 4.79 Å². The molecule has 0 N–H and O–H groups in total. The van der Waals surface area contributed by atoms with Gasteiger partial charge in [0.2, 0.25) is 0 Å². The lowest BCUT2D eigenvalue weighted by atomic mass is 10.0. The van der Waals surface area contributed by atoms with Crippen LogP contribution in [0.25, 0.3) is 0 Å². The molecule has 2 aromatic rings. The highest BCUT2D eigenvalue weighted by molar-refractivity contribution is 9.09. The zero-order valence-electron chi connectivity index (χ0n) is 13.6. The summed E-state index contributed by atoms with van der Waals surface area (Å²) in [6, 6.07) is 19.5. The summed E-state index contributed by atoms with van der Waals surface area (Å²) in [5, 5.41) is 0. The predicted octanol–water partition coefficient (Wildman–Crippen LogP) is 4.36. The molecule has 0 fully saturated rings. The van der Waals surface area contributed by atoms with Gasteiger partial charge in [-0.1, -0.05) is 76.6 Å². The molecule has 4 heteroatoms. The third-order valence-electron chi connectivity index (χ3n) is 3.92. The van der Waals surface area contributed by atoms with Gasteiger partial charge < -0.3 is 9.64 Å². The minimum Gasteiger partial charge on any atom is -0.455 e. The average Bonchev–Trinajstić information content (AvgIpc) is 2.59. The lowest BCUT2D eigenvalue weighted by Crippen LogP contribution is -2.34. The number of benzene rings is 2. The van der Waals surface area contributed by atoms with Gasteiger partial charge in [-0.25, -0.2) is 0 Å². The van der Waals surface area contributed by atoms with Crippen molar-refractivity contribution in [2.75, 3.05) is 14.1 Å². The van der Waals surface area contributed by atoms with Crippen LogP contribution in [0.1, 0.15) is 29.0 Å². The zero-order valence-corrected chi connectivity index (χ0v) is 15.2. The van der Waals surface area contributed by atoms with Gasteiger partial charge in [0.1, 0.15) is 10.9 Å². The van der Waals surface area contributed by atoms with Crippen LogP contribution in [0.3, 0.4) is 0 Å². The third-order valence-corrected chi connectivity index (χ3v) is 4.83. The Morgan fingerprint density at radius 3 is 1.91 bits per heavy atom. The summed E-state index contributed by atoms with van der Waals surface area (Å²) in [4.78, 5) is 14.2. The van der Waals surface area contributed by atoms with Gasteiger partial charge in [0.15, 0.2) is 0 Å². The standard InChI is InChI=1S/C19H22BrNO2/c1-14(21(2)3)18(16-12-8-5-9-13-16)23-19(22)17(20)15-10-6-4-7-11-15/h4-14,17-18H,1-3H3/t14-,17?,18+/m0/s1. The third kappa shape index (κ3) is 4.66. The number of likely N-dealkylation sites (N-methyl/N-ethyl adjacent to an activating group) is 1. The Kier molecular flexibility index (Phi) is 6.37. The molecule has 0 amide bonds. The molecule has 0 heterocycles. The minimum absolute atomic E-state index is 0.0665. The van der Waals surface area contributed by atoms with E-state index in [0.29, 0.717) is 0 Å². The summed E-state index contributed by atoms with van der Waals surface area (Å²) >= 11 is 3.45. The van der Waals surface area contributed by atoms with Gasteiger partial charge in [-0.3, -0.25) is 4.79 Å². The molecule has 0 saturated carbocycles. The Labute approximate surface area is 146 Å². The van der Waals surface area contributed by atoms with Crippen LogP contribution in [-0.4, -0.2) is 31.0 Å². The van der Waals surface area contributed by atoms with Crippen LogP contribution in [-0.2, 0) is 9.53 Å². The number of esters is 1. The van der Waals surface area contributed by atoms with E-state index in [2.05, 4.69) is 27.8 Å². The normalized spacial score (nSPS) is 15.0. The van der Waals surface area contributed by atoms with Crippen LogP contribution < -0.4 is 0 Å². The molecule has 0 aliphatic rings. The SMILES string of the molecule is C[C@@H]([C@@H](OC(=O)C(Br)c1ccccc1)c1ccccc1)N(C)C. The largest absolute Gasteiger partial charge is 0.455 e. The van der Waals surface area contributed by atoms with E-state index >= 15 is 0 Å². The number of carbonyl (C=O) groups excluding carboxylic acids is 1. The van der Waals surface area contributed by atoms with Crippen molar-refractivity contribution in [3.63, 3.8) is 0 Å². The van der Waals surface area contributed by atoms with E-state index in [1.165, 1.54) is 0 Å². The van der Waals surface area contributed by atoms with Crippen LogP contribution in [0.15, 0.2) is 60.7 Å². The second-order valence-electron chi connectivity index (χ2n) is 5.75.